The number of carbonyl (C=O) groups is 1. The highest BCUT2D eigenvalue weighted by Gasteiger charge is 2.16. The van der Waals surface area contributed by atoms with Crippen LogP contribution in [0.15, 0.2) is 4.52 Å². The third kappa shape index (κ3) is 1.59. The van der Waals surface area contributed by atoms with Crippen molar-refractivity contribution < 1.29 is 14.4 Å². The van der Waals surface area contributed by atoms with Crippen molar-refractivity contribution in [3.63, 3.8) is 0 Å². The lowest BCUT2D eigenvalue weighted by Gasteiger charge is -1.98. The van der Waals surface area contributed by atoms with Gasteiger partial charge in [0.15, 0.2) is 0 Å². The number of hydrogen-bond donors (Lipinski definition) is 2. The third-order valence-corrected chi connectivity index (χ3v) is 1.39. The molecule has 66 valence electrons. The summed E-state index contributed by atoms with van der Waals surface area (Å²) in [5.41, 5.74) is 5.52. The molecule has 1 unspecified atom stereocenters. The average Bonchev–Trinajstić information content (AvgIpc) is 2.51. The Morgan fingerprint density at radius 2 is 2.50 bits per heavy atom. The van der Waals surface area contributed by atoms with Crippen molar-refractivity contribution in [2.45, 2.75) is 19.4 Å². The van der Waals surface area contributed by atoms with Crippen molar-refractivity contribution in [1.29, 1.82) is 0 Å². The van der Waals surface area contributed by atoms with E-state index in [-0.39, 0.29) is 17.8 Å². The minimum atomic E-state index is -1.21. The Bertz CT molecular complexity index is 283. The summed E-state index contributed by atoms with van der Waals surface area (Å²) in [7, 11) is 0. The summed E-state index contributed by atoms with van der Waals surface area (Å²) in [5, 5.41) is 11.6. The quantitative estimate of drug-likeness (QED) is 0.672. The first-order valence-electron chi connectivity index (χ1n) is 3.47. The molecule has 1 aromatic rings. The molecule has 1 heterocycles. The van der Waals surface area contributed by atoms with Gasteiger partial charge in [0.2, 0.25) is 5.89 Å². The van der Waals surface area contributed by atoms with Gasteiger partial charge in [-0.25, -0.2) is 4.79 Å². The second-order valence-electron chi connectivity index (χ2n) is 2.28. The molecule has 0 saturated heterocycles. The summed E-state index contributed by atoms with van der Waals surface area (Å²) < 4.78 is 4.61. The molecule has 1 rings (SSSR count). The number of carboxylic acid groups (broad SMARTS) is 1. The Morgan fingerprint density at radius 3 is 2.92 bits per heavy atom. The van der Waals surface area contributed by atoms with E-state index in [0.717, 1.165) is 0 Å². The second kappa shape index (κ2) is 3.31. The minimum absolute atomic E-state index is 0.162. The van der Waals surface area contributed by atoms with Gasteiger partial charge in [0.25, 0.3) is 5.82 Å². The van der Waals surface area contributed by atoms with Crippen LogP contribution in [0.1, 0.15) is 35.9 Å². The lowest BCUT2D eigenvalue weighted by molar-refractivity contribution is 0.0680. The summed E-state index contributed by atoms with van der Waals surface area (Å²) in [5.74, 6) is -1.41. The molecule has 0 aliphatic carbocycles. The Morgan fingerprint density at radius 1 is 1.83 bits per heavy atom. The summed E-state index contributed by atoms with van der Waals surface area (Å²) in [6.07, 6.45) is 0.626. The lowest BCUT2D eigenvalue weighted by atomic mass is 10.2. The molecule has 6 nitrogen and oxygen atoms in total. The standard InChI is InChI=1S/C6H9N3O3/c1-2-3(7)5-8-4(6(10)11)9-12-5/h3H,2,7H2,1H3,(H,10,11). The largest absolute Gasteiger partial charge is 0.475 e. The van der Waals surface area contributed by atoms with Gasteiger partial charge < -0.3 is 15.4 Å². The molecule has 0 aliphatic heterocycles. The normalized spacial score (nSPS) is 12.8. The van der Waals surface area contributed by atoms with Crippen molar-refractivity contribution in [3.8, 4) is 0 Å². The van der Waals surface area contributed by atoms with E-state index in [4.69, 9.17) is 10.8 Å². The number of aromatic carboxylic acids is 1. The number of rotatable bonds is 3. The van der Waals surface area contributed by atoms with E-state index < -0.39 is 5.97 Å². The minimum Gasteiger partial charge on any atom is -0.475 e. The van der Waals surface area contributed by atoms with Crippen LogP contribution in [0.3, 0.4) is 0 Å². The Hall–Kier alpha value is -1.43. The lowest BCUT2D eigenvalue weighted by Crippen LogP contribution is -2.09. The fourth-order valence-corrected chi connectivity index (χ4v) is 0.647. The average molecular weight is 171 g/mol. The Labute approximate surface area is 68.4 Å². The van der Waals surface area contributed by atoms with Gasteiger partial charge in [-0.1, -0.05) is 6.92 Å². The van der Waals surface area contributed by atoms with Crippen LogP contribution in [0.2, 0.25) is 0 Å². The van der Waals surface area contributed by atoms with Crippen LogP contribution in [0.5, 0.6) is 0 Å². The van der Waals surface area contributed by atoms with E-state index in [2.05, 4.69) is 14.7 Å². The molecule has 3 N–H and O–H groups in total. The van der Waals surface area contributed by atoms with Crippen LogP contribution in [-0.4, -0.2) is 21.2 Å². The molecule has 0 bridgehead atoms. The predicted octanol–water partition coefficient (Wildman–Crippen LogP) is 0.178. The van der Waals surface area contributed by atoms with Crippen LogP contribution >= 0.6 is 0 Å². The van der Waals surface area contributed by atoms with Gasteiger partial charge in [0.1, 0.15) is 0 Å². The van der Waals surface area contributed by atoms with Crippen molar-refractivity contribution >= 4 is 5.97 Å². The smallest absolute Gasteiger partial charge is 0.377 e. The van der Waals surface area contributed by atoms with Gasteiger partial charge >= 0.3 is 5.97 Å². The van der Waals surface area contributed by atoms with Gasteiger partial charge in [-0.3, -0.25) is 0 Å². The SMILES string of the molecule is CCC(N)c1nc(C(=O)O)no1. The van der Waals surface area contributed by atoms with E-state index in [1.54, 1.807) is 0 Å². The second-order valence-corrected chi connectivity index (χ2v) is 2.28. The van der Waals surface area contributed by atoms with Gasteiger partial charge in [0.05, 0.1) is 6.04 Å². The maximum Gasteiger partial charge on any atom is 0.377 e. The molecular formula is C6H9N3O3. The number of carboxylic acids is 1. The first-order valence-corrected chi connectivity index (χ1v) is 3.47. The molecule has 0 aromatic carbocycles. The summed E-state index contributed by atoms with van der Waals surface area (Å²) in [4.78, 5) is 13.9. The number of hydrogen-bond acceptors (Lipinski definition) is 5. The summed E-state index contributed by atoms with van der Waals surface area (Å²) in [6.45, 7) is 1.84. The molecule has 1 aromatic heterocycles. The molecule has 0 saturated carbocycles. The van der Waals surface area contributed by atoms with E-state index >= 15 is 0 Å². The zero-order valence-corrected chi connectivity index (χ0v) is 6.52. The van der Waals surface area contributed by atoms with Gasteiger partial charge in [-0.05, 0) is 11.6 Å². The number of nitrogens with two attached hydrogens (primary N) is 1. The van der Waals surface area contributed by atoms with E-state index in [1.165, 1.54) is 0 Å². The topological polar surface area (TPSA) is 102 Å². The van der Waals surface area contributed by atoms with Crippen LogP contribution in [0.25, 0.3) is 0 Å². The highest BCUT2D eigenvalue weighted by molar-refractivity contribution is 5.82. The molecule has 1 atom stereocenters. The first-order chi connectivity index (χ1) is 5.65. The predicted molar refractivity (Wildman–Crippen MR) is 38.5 cm³/mol. The van der Waals surface area contributed by atoms with Crippen LogP contribution in [0, 0.1) is 0 Å². The van der Waals surface area contributed by atoms with E-state index in [9.17, 15) is 4.79 Å². The maximum absolute atomic E-state index is 10.3. The molecule has 12 heavy (non-hydrogen) atoms. The molecule has 0 amide bonds. The fraction of sp³-hybridized carbons (Fsp3) is 0.500. The van der Waals surface area contributed by atoms with Crippen molar-refractivity contribution in [2.75, 3.05) is 0 Å². The van der Waals surface area contributed by atoms with Crippen LogP contribution < -0.4 is 5.73 Å². The highest BCUT2D eigenvalue weighted by atomic mass is 16.5. The van der Waals surface area contributed by atoms with Crippen LogP contribution in [0.4, 0.5) is 0 Å². The summed E-state index contributed by atoms with van der Waals surface area (Å²) in [6, 6.07) is -0.384. The molecule has 0 fully saturated rings. The van der Waals surface area contributed by atoms with Gasteiger partial charge in [-0.2, -0.15) is 4.98 Å². The Kier molecular flexibility index (Phi) is 2.39. The maximum atomic E-state index is 10.3. The van der Waals surface area contributed by atoms with Gasteiger partial charge in [-0.15, -0.1) is 0 Å². The molecule has 0 radical (unpaired) electrons. The summed E-state index contributed by atoms with van der Waals surface area (Å²) >= 11 is 0. The first kappa shape index (κ1) is 8.66. The van der Waals surface area contributed by atoms with Crippen molar-refractivity contribution in [2.24, 2.45) is 5.73 Å². The van der Waals surface area contributed by atoms with E-state index in [0.29, 0.717) is 6.42 Å². The van der Waals surface area contributed by atoms with Crippen LogP contribution in [-0.2, 0) is 0 Å². The third-order valence-electron chi connectivity index (χ3n) is 1.39. The molecule has 0 spiro atoms. The molecule has 6 heteroatoms. The monoisotopic (exact) mass is 171 g/mol. The number of aromatic nitrogens is 2. The van der Waals surface area contributed by atoms with Crippen molar-refractivity contribution in [1.82, 2.24) is 10.1 Å². The highest BCUT2D eigenvalue weighted by Crippen LogP contribution is 2.10. The number of nitrogens with zero attached hydrogens (tertiary/aromatic N) is 2. The molecular weight excluding hydrogens is 162 g/mol. The Balaban J connectivity index is 2.84. The van der Waals surface area contributed by atoms with Gasteiger partial charge in [0, 0.05) is 0 Å². The zero-order valence-electron chi connectivity index (χ0n) is 6.52. The van der Waals surface area contributed by atoms with Crippen molar-refractivity contribution in [3.05, 3.63) is 11.7 Å². The fourth-order valence-electron chi connectivity index (χ4n) is 0.647. The van der Waals surface area contributed by atoms with E-state index in [1.807, 2.05) is 6.92 Å². The zero-order chi connectivity index (χ0) is 9.14. The molecule has 0 aliphatic rings.